The summed E-state index contributed by atoms with van der Waals surface area (Å²) in [5.74, 6) is 0.256. The van der Waals surface area contributed by atoms with Gasteiger partial charge in [-0.25, -0.2) is 0 Å². The first-order valence-corrected chi connectivity index (χ1v) is 9.39. The van der Waals surface area contributed by atoms with Gasteiger partial charge in [-0.1, -0.05) is 41.5 Å². The molecule has 0 saturated carbocycles. The molecule has 1 N–H and O–H groups in total. The Hall–Kier alpha value is -1.88. The van der Waals surface area contributed by atoms with Gasteiger partial charge >= 0.3 is 0 Å². The molecule has 1 fully saturated rings. The van der Waals surface area contributed by atoms with Gasteiger partial charge in [0.05, 0.1) is 0 Å². The van der Waals surface area contributed by atoms with E-state index in [2.05, 4.69) is 41.5 Å². The molecule has 0 bridgehead atoms. The molecule has 1 aliphatic heterocycles. The number of carbonyl (C=O) groups is 1. The van der Waals surface area contributed by atoms with Crippen LogP contribution in [0.15, 0.2) is 17.8 Å². The summed E-state index contributed by atoms with van der Waals surface area (Å²) in [5.41, 5.74) is 2.78. The van der Waals surface area contributed by atoms with Crippen molar-refractivity contribution in [1.82, 2.24) is 9.80 Å². The highest BCUT2D eigenvalue weighted by molar-refractivity contribution is 7.80. The Morgan fingerprint density at radius 2 is 1.54 bits per heavy atom. The number of carbonyl (C=O) groups excluding carboxylic acids is 1. The van der Waals surface area contributed by atoms with Gasteiger partial charge in [0.2, 0.25) is 0 Å². The second kappa shape index (κ2) is 6.69. The highest BCUT2D eigenvalue weighted by Crippen LogP contribution is 2.40. The summed E-state index contributed by atoms with van der Waals surface area (Å²) < 4.78 is 0. The van der Waals surface area contributed by atoms with E-state index in [1.807, 2.05) is 32.2 Å². The summed E-state index contributed by atoms with van der Waals surface area (Å²) in [7, 11) is 1.82. The molecule has 2 rings (SSSR count). The van der Waals surface area contributed by atoms with Gasteiger partial charge in [-0.05, 0) is 53.7 Å². The summed E-state index contributed by atoms with van der Waals surface area (Å²) in [6.07, 6.45) is 1.87. The molecule has 0 aliphatic carbocycles. The van der Waals surface area contributed by atoms with Gasteiger partial charge in [-0.2, -0.15) is 0 Å². The van der Waals surface area contributed by atoms with E-state index >= 15 is 0 Å². The Balaban J connectivity index is 2.68. The van der Waals surface area contributed by atoms with Crippen LogP contribution in [0.3, 0.4) is 0 Å². The fourth-order valence-corrected chi connectivity index (χ4v) is 3.44. The Morgan fingerprint density at radius 3 is 1.88 bits per heavy atom. The summed E-state index contributed by atoms with van der Waals surface area (Å²) in [5, 5.41) is 11.4. The first-order valence-electron chi connectivity index (χ1n) is 8.98. The first kappa shape index (κ1) is 20.4. The van der Waals surface area contributed by atoms with Crippen molar-refractivity contribution < 1.29 is 9.90 Å². The monoisotopic (exact) mass is 374 g/mol. The van der Waals surface area contributed by atoms with Gasteiger partial charge in [0.1, 0.15) is 11.4 Å². The zero-order chi connectivity index (χ0) is 20.0. The molecular weight excluding hydrogens is 344 g/mol. The van der Waals surface area contributed by atoms with Gasteiger partial charge in [0.15, 0.2) is 5.11 Å². The molecule has 0 spiro atoms. The van der Waals surface area contributed by atoms with Crippen LogP contribution in [0.25, 0.3) is 6.08 Å². The van der Waals surface area contributed by atoms with Crippen LogP contribution in [0.1, 0.15) is 65.2 Å². The highest BCUT2D eigenvalue weighted by atomic mass is 32.1. The minimum absolute atomic E-state index is 0.0808. The molecule has 5 heteroatoms. The molecule has 0 radical (unpaired) electrons. The number of nitrogens with zero attached hydrogens (tertiary/aromatic N) is 2. The number of likely N-dealkylation sites (N-methyl/N-ethyl adjacent to an activating group) is 2. The van der Waals surface area contributed by atoms with E-state index in [1.54, 1.807) is 9.80 Å². The Kier molecular flexibility index (Phi) is 5.26. The zero-order valence-corrected chi connectivity index (χ0v) is 17.9. The van der Waals surface area contributed by atoms with Crippen molar-refractivity contribution in [1.29, 1.82) is 0 Å². The number of benzene rings is 1. The van der Waals surface area contributed by atoms with Crippen LogP contribution in [0.5, 0.6) is 5.75 Å². The summed E-state index contributed by atoms with van der Waals surface area (Å²) in [6, 6.07) is 3.94. The highest BCUT2D eigenvalue weighted by Gasteiger charge is 2.35. The van der Waals surface area contributed by atoms with Gasteiger partial charge in [-0.15, -0.1) is 0 Å². The molecule has 0 aromatic heterocycles. The SMILES string of the molecule is CCN1C(=O)/C(=C/c2cc(C(C)(C)C)c(O)c(C(C)(C)C)c2)N(C)C1=S. The van der Waals surface area contributed by atoms with E-state index in [1.165, 1.54) is 0 Å². The second-order valence-corrected chi connectivity index (χ2v) is 9.25. The van der Waals surface area contributed by atoms with Crippen LogP contribution in [-0.2, 0) is 15.6 Å². The van der Waals surface area contributed by atoms with E-state index in [0.29, 0.717) is 23.1 Å². The van der Waals surface area contributed by atoms with Crippen molar-refractivity contribution in [3.8, 4) is 5.75 Å². The summed E-state index contributed by atoms with van der Waals surface area (Å²) in [4.78, 5) is 16.0. The van der Waals surface area contributed by atoms with Gasteiger partial charge < -0.3 is 10.0 Å². The molecule has 1 aromatic rings. The predicted octanol–water partition coefficient (Wildman–Crippen LogP) is 4.41. The third kappa shape index (κ3) is 3.63. The summed E-state index contributed by atoms with van der Waals surface area (Å²) in [6.45, 7) is 14.9. The zero-order valence-electron chi connectivity index (χ0n) is 17.1. The van der Waals surface area contributed by atoms with Crippen LogP contribution >= 0.6 is 12.2 Å². The van der Waals surface area contributed by atoms with E-state index in [-0.39, 0.29) is 16.7 Å². The molecule has 26 heavy (non-hydrogen) atoms. The predicted molar refractivity (Wildman–Crippen MR) is 111 cm³/mol. The van der Waals surface area contributed by atoms with Gasteiger partial charge in [0.25, 0.3) is 5.91 Å². The molecule has 4 nitrogen and oxygen atoms in total. The quantitative estimate of drug-likeness (QED) is 0.615. The van der Waals surface area contributed by atoms with Crippen LogP contribution in [0.4, 0.5) is 0 Å². The fraction of sp³-hybridized carbons (Fsp3) is 0.524. The maximum Gasteiger partial charge on any atom is 0.276 e. The molecule has 1 saturated heterocycles. The number of rotatable bonds is 2. The van der Waals surface area contributed by atoms with Crippen LogP contribution < -0.4 is 0 Å². The smallest absolute Gasteiger partial charge is 0.276 e. The number of thiocarbonyl (C=S) groups is 1. The minimum Gasteiger partial charge on any atom is -0.507 e. The van der Waals surface area contributed by atoms with Gasteiger partial charge in [0, 0.05) is 24.7 Å². The lowest BCUT2D eigenvalue weighted by Gasteiger charge is -2.28. The molecule has 1 amide bonds. The van der Waals surface area contributed by atoms with Crippen molar-refractivity contribution >= 4 is 29.3 Å². The van der Waals surface area contributed by atoms with Crippen LogP contribution in [-0.4, -0.2) is 39.5 Å². The Morgan fingerprint density at radius 1 is 1.08 bits per heavy atom. The molecule has 1 heterocycles. The van der Waals surface area contributed by atoms with E-state index in [9.17, 15) is 9.90 Å². The lowest BCUT2D eigenvalue weighted by Crippen LogP contribution is -2.30. The molecular formula is C21H30N2O2S. The molecule has 1 aromatic carbocycles. The maximum atomic E-state index is 12.7. The van der Waals surface area contributed by atoms with Crippen molar-refractivity contribution in [2.24, 2.45) is 0 Å². The van der Waals surface area contributed by atoms with E-state index < -0.39 is 0 Å². The Labute approximate surface area is 162 Å². The number of aromatic hydroxyl groups is 1. The van der Waals surface area contributed by atoms with Crippen molar-refractivity contribution in [2.75, 3.05) is 13.6 Å². The third-order valence-electron chi connectivity index (χ3n) is 4.71. The molecule has 1 aliphatic rings. The van der Waals surface area contributed by atoms with Gasteiger partial charge in [-0.3, -0.25) is 9.69 Å². The molecule has 142 valence electrons. The largest absolute Gasteiger partial charge is 0.507 e. The number of phenolic OH excluding ortho intramolecular Hbond substituents is 1. The molecule has 0 atom stereocenters. The standard InChI is InChI=1S/C21H30N2O2S/c1-9-23-18(25)16(22(8)19(23)26)12-13-10-14(20(2,3)4)17(24)15(11-13)21(5,6)7/h10-12,24H,9H2,1-8H3/b16-12-. The topological polar surface area (TPSA) is 43.8 Å². The number of hydrogen-bond donors (Lipinski definition) is 1. The lowest BCUT2D eigenvalue weighted by molar-refractivity contribution is -0.122. The minimum atomic E-state index is -0.213. The average molecular weight is 375 g/mol. The van der Waals surface area contributed by atoms with Crippen LogP contribution in [0, 0.1) is 0 Å². The van der Waals surface area contributed by atoms with E-state index in [4.69, 9.17) is 12.2 Å². The van der Waals surface area contributed by atoms with Crippen LogP contribution in [0.2, 0.25) is 0 Å². The Bertz CT molecular complexity index is 747. The maximum absolute atomic E-state index is 12.7. The lowest BCUT2D eigenvalue weighted by atomic mass is 9.78. The average Bonchev–Trinajstić information content (AvgIpc) is 2.69. The second-order valence-electron chi connectivity index (χ2n) is 8.89. The van der Waals surface area contributed by atoms with Crippen molar-refractivity contribution in [2.45, 2.75) is 59.3 Å². The van der Waals surface area contributed by atoms with E-state index in [0.717, 1.165) is 16.7 Å². The summed E-state index contributed by atoms with van der Waals surface area (Å²) >= 11 is 5.37. The fourth-order valence-electron chi connectivity index (χ4n) is 3.13. The molecule has 0 unspecified atom stereocenters. The first-order chi connectivity index (χ1) is 11.8. The number of amides is 1. The van der Waals surface area contributed by atoms with Crippen molar-refractivity contribution in [3.63, 3.8) is 0 Å². The van der Waals surface area contributed by atoms with Crippen molar-refractivity contribution in [3.05, 3.63) is 34.5 Å². The number of hydrogen-bond acceptors (Lipinski definition) is 3. The third-order valence-corrected chi connectivity index (χ3v) is 5.21. The number of phenols is 1. The normalized spacial score (nSPS) is 17.6.